The van der Waals surface area contributed by atoms with E-state index in [4.69, 9.17) is 5.73 Å². The predicted molar refractivity (Wildman–Crippen MR) is 54.4 cm³/mol. The number of nitrogens with two attached hydrogens (primary N) is 1. The van der Waals surface area contributed by atoms with E-state index in [1.54, 1.807) is 0 Å². The summed E-state index contributed by atoms with van der Waals surface area (Å²) in [7, 11) is 0. The van der Waals surface area contributed by atoms with E-state index >= 15 is 0 Å². The van der Waals surface area contributed by atoms with Gasteiger partial charge >= 0.3 is 0 Å². The summed E-state index contributed by atoms with van der Waals surface area (Å²) >= 11 is 0. The average Bonchev–Trinajstić information content (AvgIpc) is 2.55. The molecule has 0 amide bonds. The van der Waals surface area contributed by atoms with Gasteiger partial charge in [-0.25, -0.2) is 0 Å². The molecule has 13 heavy (non-hydrogen) atoms. The van der Waals surface area contributed by atoms with Crippen LogP contribution in [0.3, 0.4) is 0 Å². The van der Waals surface area contributed by atoms with E-state index in [0.717, 1.165) is 12.8 Å². The van der Waals surface area contributed by atoms with Crippen molar-refractivity contribution in [3.8, 4) is 0 Å². The third-order valence-electron chi connectivity index (χ3n) is 3.02. The Morgan fingerprint density at radius 2 is 1.92 bits per heavy atom. The Bertz CT molecular complexity index is 181. The van der Waals surface area contributed by atoms with Crippen molar-refractivity contribution in [1.29, 1.82) is 0 Å². The van der Waals surface area contributed by atoms with Crippen LogP contribution < -0.4 is 5.73 Å². The summed E-state index contributed by atoms with van der Waals surface area (Å²) in [5, 5.41) is 0. The summed E-state index contributed by atoms with van der Waals surface area (Å²) in [6.07, 6.45) is 5.35. The Morgan fingerprint density at radius 1 is 1.38 bits per heavy atom. The van der Waals surface area contributed by atoms with Crippen LogP contribution in [0.5, 0.6) is 0 Å². The molecule has 1 aliphatic carbocycles. The van der Waals surface area contributed by atoms with Gasteiger partial charge in [-0.1, -0.05) is 26.7 Å². The second-order valence-corrected chi connectivity index (χ2v) is 4.99. The second kappa shape index (κ2) is 4.23. The van der Waals surface area contributed by atoms with Crippen molar-refractivity contribution in [3.63, 3.8) is 0 Å². The molecule has 1 saturated carbocycles. The van der Waals surface area contributed by atoms with Crippen molar-refractivity contribution in [3.05, 3.63) is 0 Å². The summed E-state index contributed by atoms with van der Waals surface area (Å²) in [4.78, 5) is 11.8. The summed E-state index contributed by atoms with van der Waals surface area (Å²) in [5.41, 5.74) is 5.60. The first-order valence-corrected chi connectivity index (χ1v) is 5.28. The van der Waals surface area contributed by atoms with Gasteiger partial charge in [0.1, 0.15) is 5.78 Å². The summed E-state index contributed by atoms with van der Waals surface area (Å²) < 4.78 is 0. The highest BCUT2D eigenvalue weighted by Crippen LogP contribution is 2.30. The van der Waals surface area contributed by atoms with Crippen LogP contribution in [-0.4, -0.2) is 12.3 Å². The van der Waals surface area contributed by atoms with Crippen molar-refractivity contribution in [1.82, 2.24) is 0 Å². The summed E-state index contributed by atoms with van der Waals surface area (Å²) in [5.74, 6) is 0.791. The third-order valence-corrected chi connectivity index (χ3v) is 3.02. The molecule has 0 aromatic carbocycles. The number of Topliss-reactive ketones (excluding diaryl/α,β-unsaturated/α-hetero) is 1. The number of carbonyl (C=O) groups is 1. The molecule has 76 valence electrons. The van der Waals surface area contributed by atoms with E-state index in [-0.39, 0.29) is 5.41 Å². The van der Waals surface area contributed by atoms with Crippen molar-refractivity contribution in [2.24, 2.45) is 17.1 Å². The van der Waals surface area contributed by atoms with Crippen molar-refractivity contribution < 1.29 is 4.79 Å². The Morgan fingerprint density at radius 3 is 2.38 bits per heavy atom. The Kier molecular flexibility index (Phi) is 3.48. The van der Waals surface area contributed by atoms with Gasteiger partial charge in [0.05, 0.1) is 0 Å². The van der Waals surface area contributed by atoms with E-state index in [1.807, 2.05) is 0 Å². The molecule has 2 N–H and O–H groups in total. The molecule has 1 aliphatic rings. The molecule has 2 heteroatoms. The standard InChI is InChI=1S/C11H21NO/c1-11(2,8-12)7-10(13)9-5-3-4-6-9/h9H,3-8,12H2,1-2H3. The van der Waals surface area contributed by atoms with Crippen molar-refractivity contribution >= 4 is 5.78 Å². The van der Waals surface area contributed by atoms with Gasteiger partial charge in [0.2, 0.25) is 0 Å². The van der Waals surface area contributed by atoms with Crippen LogP contribution in [0, 0.1) is 11.3 Å². The lowest BCUT2D eigenvalue weighted by Crippen LogP contribution is -2.28. The summed E-state index contributed by atoms with van der Waals surface area (Å²) in [6, 6.07) is 0. The molecular formula is C11H21NO. The van der Waals surface area contributed by atoms with Gasteiger partial charge in [-0.15, -0.1) is 0 Å². The van der Waals surface area contributed by atoms with Gasteiger partial charge in [0.15, 0.2) is 0 Å². The van der Waals surface area contributed by atoms with Crippen LogP contribution in [0.15, 0.2) is 0 Å². The lowest BCUT2D eigenvalue weighted by Gasteiger charge is -2.22. The van der Waals surface area contributed by atoms with Crippen LogP contribution >= 0.6 is 0 Å². The van der Waals surface area contributed by atoms with Gasteiger partial charge in [-0.2, -0.15) is 0 Å². The Hall–Kier alpha value is -0.370. The highest BCUT2D eigenvalue weighted by atomic mass is 16.1. The molecule has 0 aliphatic heterocycles. The molecule has 0 saturated heterocycles. The molecule has 0 aromatic heterocycles. The first-order chi connectivity index (χ1) is 6.05. The van der Waals surface area contributed by atoms with E-state index in [9.17, 15) is 4.79 Å². The molecule has 2 nitrogen and oxygen atoms in total. The largest absolute Gasteiger partial charge is 0.330 e. The average molecular weight is 183 g/mol. The van der Waals surface area contributed by atoms with E-state index in [1.165, 1.54) is 12.8 Å². The molecule has 0 unspecified atom stereocenters. The van der Waals surface area contributed by atoms with E-state index in [2.05, 4.69) is 13.8 Å². The minimum absolute atomic E-state index is 0.000324. The Balaban J connectivity index is 2.40. The van der Waals surface area contributed by atoms with Crippen LogP contribution in [0.2, 0.25) is 0 Å². The monoisotopic (exact) mass is 183 g/mol. The summed E-state index contributed by atoms with van der Waals surface area (Å²) in [6.45, 7) is 4.74. The van der Waals surface area contributed by atoms with Crippen LogP contribution in [-0.2, 0) is 4.79 Å². The molecular weight excluding hydrogens is 162 g/mol. The van der Waals surface area contributed by atoms with Crippen LogP contribution in [0.1, 0.15) is 46.0 Å². The van der Waals surface area contributed by atoms with Gasteiger partial charge < -0.3 is 5.73 Å². The maximum absolute atomic E-state index is 11.8. The quantitative estimate of drug-likeness (QED) is 0.725. The lowest BCUT2D eigenvalue weighted by atomic mass is 9.83. The maximum atomic E-state index is 11.8. The lowest BCUT2D eigenvalue weighted by molar-refractivity contribution is -0.124. The number of hydrogen-bond donors (Lipinski definition) is 1. The number of ketones is 1. The number of carbonyl (C=O) groups excluding carboxylic acids is 1. The zero-order valence-corrected chi connectivity index (χ0v) is 8.81. The number of hydrogen-bond acceptors (Lipinski definition) is 2. The molecule has 1 rings (SSSR count). The fourth-order valence-electron chi connectivity index (χ4n) is 1.94. The maximum Gasteiger partial charge on any atom is 0.136 e. The van der Waals surface area contributed by atoms with Crippen LogP contribution in [0.4, 0.5) is 0 Å². The third kappa shape index (κ3) is 3.11. The fourth-order valence-corrected chi connectivity index (χ4v) is 1.94. The second-order valence-electron chi connectivity index (χ2n) is 4.99. The van der Waals surface area contributed by atoms with Gasteiger partial charge in [-0.05, 0) is 24.8 Å². The van der Waals surface area contributed by atoms with E-state index in [0.29, 0.717) is 24.7 Å². The van der Waals surface area contributed by atoms with Crippen molar-refractivity contribution in [2.45, 2.75) is 46.0 Å². The topological polar surface area (TPSA) is 43.1 Å². The van der Waals surface area contributed by atoms with Gasteiger partial charge in [-0.3, -0.25) is 4.79 Å². The predicted octanol–water partition coefficient (Wildman–Crippen LogP) is 2.12. The highest BCUT2D eigenvalue weighted by Gasteiger charge is 2.27. The zero-order chi connectivity index (χ0) is 9.90. The SMILES string of the molecule is CC(C)(CN)CC(=O)C1CCCC1. The molecule has 0 spiro atoms. The smallest absolute Gasteiger partial charge is 0.136 e. The van der Waals surface area contributed by atoms with Gasteiger partial charge in [0, 0.05) is 12.3 Å². The molecule has 0 bridgehead atoms. The van der Waals surface area contributed by atoms with Crippen molar-refractivity contribution in [2.75, 3.05) is 6.54 Å². The first kappa shape index (κ1) is 10.7. The molecule has 0 aromatic rings. The minimum atomic E-state index is -0.000324. The highest BCUT2D eigenvalue weighted by molar-refractivity contribution is 5.81. The van der Waals surface area contributed by atoms with Crippen LogP contribution in [0.25, 0.3) is 0 Å². The first-order valence-electron chi connectivity index (χ1n) is 5.28. The Labute approximate surface area is 80.9 Å². The molecule has 0 heterocycles. The fraction of sp³-hybridized carbons (Fsp3) is 0.909. The zero-order valence-electron chi connectivity index (χ0n) is 8.81. The van der Waals surface area contributed by atoms with E-state index < -0.39 is 0 Å². The number of rotatable bonds is 4. The molecule has 0 radical (unpaired) electrons. The normalized spacial score (nSPS) is 19.3. The molecule has 0 atom stereocenters. The minimum Gasteiger partial charge on any atom is -0.330 e. The molecule has 1 fully saturated rings. The van der Waals surface area contributed by atoms with Gasteiger partial charge in [0.25, 0.3) is 0 Å².